The molecule has 0 atom stereocenters. The minimum Gasteiger partial charge on any atom is -0.338 e. The van der Waals surface area contributed by atoms with Gasteiger partial charge in [0.2, 0.25) is 5.91 Å². The molecule has 0 aromatic carbocycles. The van der Waals surface area contributed by atoms with Gasteiger partial charge in [0.05, 0.1) is 6.07 Å². The lowest BCUT2D eigenvalue weighted by Crippen LogP contribution is -2.46. The fraction of sp³-hybridized carbons (Fsp3) is 0.867. The molecule has 0 aromatic rings. The molecule has 0 N–H and O–H groups in total. The molecule has 0 radical (unpaired) electrons. The first-order chi connectivity index (χ1) is 8.75. The number of carbonyl (C=O) groups excluding carboxylic acids is 1. The van der Waals surface area contributed by atoms with E-state index in [1.807, 2.05) is 0 Å². The van der Waals surface area contributed by atoms with E-state index in [-0.39, 0.29) is 5.91 Å². The largest absolute Gasteiger partial charge is 0.338 e. The van der Waals surface area contributed by atoms with Crippen molar-refractivity contribution in [3.8, 4) is 6.07 Å². The van der Waals surface area contributed by atoms with Gasteiger partial charge in [-0.15, -0.1) is 0 Å². The standard InChI is InChI=1S/C15H22N2O/c16-11-15(8-2-1-3-9-15)14(18)17(13-6-7-13)10-12-4-5-12/h12-13H,1-10H2. The first kappa shape index (κ1) is 12.0. The average Bonchev–Trinajstić information content (AvgIpc) is 3.29. The summed E-state index contributed by atoms with van der Waals surface area (Å²) in [6.45, 7) is 0.924. The maximum absolute atomic E-state index is 12.8. The first-order valence-corrected chi connectivity index (χ1v) is 7.47. The summed E-state index contributed by atoms with van der Waals surface area (Å²) < 4.78 is 0. The van der Waals surface area contributed by atoms with Crippen LogP contribution < -0.4 is 0 Å². The third kappa shape index (κ3) is 2.25. The molecule has 98 valence electrons. The molecule has 0 aliphatic heterocycles. The van der Waals surface area contributed by atoms with Crippen LogP contribution in [0.3, 0.4) is 0 Å². The second-order valence-electron chi connectivity index (χ2n) is 6.39. The van der Waals surface area contributed by atoms with Gasteiger partial charge in [0.15, 0.2) is 0 Å². The first-order valence-electron chi connectivity index (χ1n) is 7.47. The van der Waals surface area contributed by atoms with Gasteiger partial charge in [0.1, 0.15) is 5.41 Å². The third-order valence-electron chi connectivity index (χ3n) is 4.73. The molecule has 18 heavy (non-hydrogen) atoms. The molecule has 3 heteroatoms. The van der Waals surface area contributed by atoms with Crippen molar-refractivity contribution in [1.82, 2.24) is 4.90 Å². The van der Waals surface area contributed by atoms with Crippen molar-refractivity contribution in [3.63, 3.8) is 0 Å². The van der Waals surface area contributed by atoms with Gasteiger partial charge in [-0.2, -0.15) is 5.26 Å². The number of nitrogens with zero attached hydrogens (tertiary/aromatic N) is 2. The molecule has 3 nitrogen and oxygen atoms in total. The second-order valence-corrected chi connectivity index (χ2v) is 6.39. The van der Waals surface area contributed by atoms with Gasteiger partial charge in [0, 0.05) is 12.6 Å². The van der Waals surface area contributed by atoms with Crippen LogP contribution in [-0.2, 0) is 4.79 Å². The summed E-state index contributed by atoms with van der Waals surface area (Å²) in [5.41, 5.74) is -0.671. The van der Waals surface area contributed by atoms with Crippen molar-refractivity contribution in [1.29, 1.82) is 5.26 Å². The Labute approximate surface area is 109 Å². The molecule has 0 spiro atoms. The van der Waals surface area contributed by atoms with Gasteiger partial charge in [0.25, 0.3) is 0 Å². The lowest BCUT2D eigenvalue weighted by atomic mass is 9.74. The average molecular weight is 246 g/mol. The Kier molecular flexibility index (Phi) is 3.05. The summed E-state index contributed by atoms with van der Waals surface area (Å²) in [6, 6.07) is 2.85. The van der Waals surface area contributed by atoms with E-state index in [2.05, 4.69) is 11.0 Å². The smallest absolute Gasteiger partial charge is 0.243 e. The van der Waals surface area contributed by atoms with E-state index in [4.69, 9.17) is 0 Å². The topological polar surface area (TPSA) is 44.1 Å². The summed E-state index contributed by atoms with van der Waals surface area (Å²) in [5, 5.41) is 9.52. The van der Waals surface area contributed by atoms with E-state index < -0.39 is 5.41 Å². The van der Waals surface area contributed by atoms with Crippen LogP contribution in [0.1, 0.15) is 57.8 Å². The Balaban J connectivity index is 1.74. The Morgan fingerprint density at radius 2 is 1.83 bits per heavy atom. The van der Waals surface area contributed by atoms with Crippen molar-refractivity contribution in [2.75, 3.05) is 6.54 Å². The number of hydrogen-bond acceptors (Lipinski definition) is 2. The zero-order valence-corrected chi connectivity index (χ0v) is 11.0. The zero-order valence-electron chi connectivity index (χ0n) is 11.0. The molecule has 0 unspecified atom stereocenters. The normalized spacial score (nSPS) is 26.4. The van der Waals surface area contributed by atoms with Crippen LogP contribution >= 0.6 is 0 Å². The Morgan fingerprint density at radius 3 is 2.33 bits per heavy atom. The fourth-order valence-corrected chi connectivity index (χ4v) is 3.17. The highest BCUT2D eigenvalue weighted by Gasteiger charge is 2.47. The molecule has 0 bridgehead atoms. The van der Waals surface area contributed by atoms with E-state index in [0.29, 0.717) is 6.04 Å². The van der Waals surface area contributed by atoms with Crippen molar-refractivity contribution in [3.05, 3.63) is 0 Å². The highest BCUT2D eigenvalue weighted by molar-refractivity contribution is 5.86. The predicted octanol–water partition coefficient (Wildman–Crippen LogP) is 2.86. The van der Waals surface area contributed by atoms with Crippen LogP contribution in [0.2, 0.25) is 0 Å². The molecule has 0 saturated heterocycles. The highest BCUT2D eigenvalue weighted by Crippen LogP contribution is 2.42. The van der Waals surface area contributed by atoms with Crippen molar-refractivity contribution in [2.24, 2.45) is 11.3 Å². The van der Waals surface area contributed by atoms with Crippen LogP contribution in [-0.4, -0.2) is 23.4 Å². The van der Waals surface area contributed by atoms with E-state index in [1.165, 1.54) is 19.3 Å². The molecule has 3 saturated carbocycles. The van der Waals surface area contributed by atoms with Gasteiger partial charge in [-0.1, -0.05) is 19.3 Å². The molecule has 1 amide bonds. The van der Waals surface area contributed by atoms with Crippen LogP contribution in [0.25, 0.3) is 0 Å². The molecule has 3 fully saturated rings. The molecule has 3 aliphatic rings. The number of amides is 1. The lowest BCUT2D eigenvalue weighted by Gasteiger charge is -2.35. The summed E-state index contributed by atoms with van der Waals surface area (Å²) in [6.07, 6.45) is 9.70. The highest BCUT2D eigenvalue weighted by atomic mass is 16.2. The quantitative estimate of drug-likeness (QED) is 0.765. The molecule has 3 aliphatic carbocycles. The van der Waals surface area contributed by atoms with E-state index >= 15 is 0 Å². The molecule has 0 heterocycles. The minimum absolute atomic E-state index is 0.166. The van der Waals surface area contributed by atoms with E-state index in [1.54, 1.807) is 0 Å². The summed E-state index contributed by atoms with van der Waals surface area (Å²) in [7, 11) is 0. The molecular weight excluding hydrogens is 224 g/mol. The summed E-state index contributed by atoms with van der Waals surface area (Å²) in [4.78, 5) is 14.9. The Bertz CT molecular complexity index is 370. The monoisotopic (exact) mass is 246 g/mol. The second kappa shape index (κ2) is 4.57. The van der Waals surface area contributed by atoms with Crippen LogP contribution in [0, 0.1) is 22.7 Å². The third-order valence-corrected chi connectivity index (χ3v) is 4.73. The van der Waals surface area contributed by atoms with Gasteiger partial charge < -0.3 is 4.90 Å². The maximum Gasteiger partial charge on any atom is 0.243 e. The number of nitriles is 1. The number of carbonyl (C=O) groups is 1. The summed E-state index contributed by atoms with van der Waals surface area (Å²) in [5.74, 6) is 0.896. The minimum atomic E-state index is -0.671. The predicted molar refractivity (Wildman–Crippen MR) is 68.6 cm³/mol. The fourth-order valence-electron chi connectivity index (χ4n) is 3.17. The maximum atomic E-state index is 12.8. The Morgan fingerprint density at radius 1 is 1.17 bits per heavy atom. The van der Waals surface area contributed by atoms with E-state index in [9.17, 15) is 10.1 Å². The van der Waals surface area contributed by atoms with Crippen molar-refractivity contribution in [2.45, 2.75) is 63.8 Å². The lowest BCUT2D eigenvalue weighted by molar-refractivity contribution is -0.141. The molecular formula is C15H22N2O. The van der Waals surface area contributed by atoms with Crippen molar-refractivity contribution >= 4 is 5.91 Å². The van der Waals surface area contributed by atoms with Gasteiger partial charge in [-0.25, -0.2) is 0 Å². The van der Waals surface area contributed by atoms with Crippen molar-refractivity contribution < 1.29 is 4.79 Å². The van der Waals surface area contributed by atoms with Gasteiger partial charge >= 0.3 is 0 Å². The zero-order chi connectivity index (χ0) is 12.6. The van der Waals surface area contributed by atoms with Gasteiger partial charge in [-0.3, -0.25) is 4.79 Å². The number of rotatable bonds is 4. The van der Waals surface area contributed by atoms with E-state index in [0.717, 1.165) is 51.0 Å². The van der Waals surface area contributed by atoms with Crippen LogP contribution in [0.5, 0.6) is 0 Å². The Hall–Kier alpha value is -1.04. The van der Waals surface area contributed by atoms with Crippen LogP contribution in [0.15, 0.2) is 0 Å². The van der Waals surface area contributed by atoms with Crippen LogP contribution in [0.4, 0.5) is 0 Å². The molecule has 3 rings (SSSR count). The molecule has 0 aromatic heterocycles. The van der Waals surface area contributed by atoms with Gasteiger partial charge in [-0.05, 0) is 44.4 Å². The SMILES string of the molecule is N#CC1(C(=O)N(CC2CC2)C2CC2)CCCCC1. The number of hydrogen-bond donors (Lipinski definition) is 0. The summed E-state index contributed by atoms with van der Waals surface area (Å²) >= 11 is 0.